The zero-order valence-corrected chi connectivity index (χ0v) is 18.1. The van der Waals surface area contributed by atoms with Crippen LogP contribution >= 0.6 is 0 Å². The molecule has 4 rings (SSSR count). The Morgan fingerprint density at radius 2 is 1.91 bits per heavy atom. The predicted octanol–water partition coefficient (Wildman–Crippen LogP) is 3.02. The van der Waals surface area contributed by atoms with Crippen LogP contribution in [0.2, 0.25) is 0 Å². The van der Waals surface area contributed by atoms with Crippen LogP contribution in [-0.2, 0) is 9.53 Å². The maximum absolute atomic E-state index is 13.3. The molecular formula is C21H24F3N5O3. The number of hydrogen-bond donors (Lipinski definition) is 2. The first kappa shape index (κ1) is 22.1. The summed E-state index contributed by atoms with van der Waals surface area (Å²) in [6, 6.07) is 1.65. The summed E-state index contributed by atoms with van der Waals surface area (Å²) >= 11 is 0. The third-order valence-electron chi connectivity index (χ3n) is 5.97. The van der Waals surface area contributed by atoms with E-state index in [-0.39, 0.29) is 30.4 Å². The Balaban J connectivity index is 1.43. The first-order valence-corrected chi connectivity index (χ1v) is 10.1. The molecule has 1 amide bonds. The number of nitrogens with zero attached hydrogens (tertiary/aromatic N) is 3. The lowest BCUT2D eigenvalue weighted by molar-refractivity contribution is -0.122. The van der Waals surface area contributed by atoms with E-state index in [4.69, 9.17) is 9.47 Å². The Morgan fingerprint density at radius 1 is 1.25 bits per heavy atom. The van der Waals surface area contributed by atoms with Crippen molar-refractivity contribution in [3.63, 3.8) is 0 Å². The lowest BCUT2D eigenvalue weighted by Crippen LogP contribution is -2.59. The SMILES string of the molecule is COC[C@]1(C)C(=O)Nc2c(C)nc(NC3CC(Oc4cc(F)c(F)c(F)c4)C3)nc2N1C. The molecule has 1 aromatic carbocycles. The molecule has 172 valence electrons. The first-order valence-electron chi connectivity index (χ1n) is 10.1. The van der Waals surface area contributed by atoms with Crippen molar-refractivity contribution in [2.75, 3.05) is 36.3 Å². The van der Waals surface area contributed by atoms with Crippen LogP contribution in [0.15, 0.2) is 12.1 Å². The number of likely N-dealkylation sites (N-methyl/N-ethyl adjacent to an activating group) is 1. The van der Waals surface area contributed by atoms with Gasteiger partial charge in [-0.15, -0.1) is 0 Å². The monoisotopic (exact) mass is 451 g/mol. The van der Waals surface area contributed by atoms with Crippen molar-refractivity contribution in [2.24, 2.45) is 0 Å². The molecule has 8 nitrogen and oxygen atoms in total. The van der Waals surface area contributed by atoms with Gasteiger partial charge in [0.25, 0.3) is 5.91 Å². The van der Waals surface area contributed by atoms with E-state index >= 15 is 0 Å². The van der Waals surface area contributed by atoms with Gasteiger partial charge in [0.1, 0.15) is 23.1 Å². The van der Waals surface area contributed by atoms with E-state index in [0.717, 1.165) is 12.1 Å². The zero-order valence-electron chi connectivity index (χ0n) is 18.1. The predicted molar refractivity (Wildman–Crippen MR) is 111 cm³/mol. The Bertz CT molecular complexity index is 1040. The molecular weight excluding hydrogens is 427 g/mol. The molecule has 2 aromatic rings. The average Bonchev–Trinajstić information content (AvgIpc) is 2.70. The van der Waals surface area contributed by atoms with Gasteiger partial charge in [-0.05, 0) is 13.8 Å². The fraction of sp³-hybridized carbons (Fsp3) is 0.476. The van der Waals surface area contributed by atoms with Crippen molar-refractivity contribution in [3.8, 4) is 5.75 Å². The number of rotatable bonds is 6. The highest BCUT2D eigenvalue weighted by molar-refractivity contribution is 6.06. The zero-order chi connectivity index (χ0) is 23.2. The first-order chi connectivity index (χ1) is 15.1. The van der Waals surface area contributed by atoms with Gasteiger partial charge in [-0.3, -0.25) is 4.79 Å². The standard InChI is InChI=1S/C21H24F3N5O3/c1-10-17-18(29(3)21(2,9-31-4)19(30)27-17)28-20(25-10)26-11-5-12(6-11)32-13-7-14(22)16(24)15(23)8-13/h7-8,11-12H,5-6,9H2,1-4H3,(H,27,30)(H,25,26,28)/t11?,12?,21-/m1/s1. The van der Waals surface area contributed by atoms with Crippen LogP contribution in [-0.4, -0.2) is 54.3 Å². The molecule has 1 saturated carbocycles. The van der Waals surface area contributed by atoms with E-state index in [2.05, 4.69) is 20.6 Å². The number of nitrogens with one attached hydrogen (secondary N) is 2. The second-order valence-electron chi connectivity index (χ2n) is 8.30. The highest BCUT2D eigenvalue weighted by Crippen LogP contribution is 2.37. The van der Waals surface area contributed by atoms with Crippen molar-refractivity contribution in [2.45, 2.75) is 44.4 Å². The molecule has 0 bridgehead atoms. The molecule has 11 heteroatoms. The summed E-state index contributed by atoms with van der Waals surface area (Å²) in [5, 5.41) is 6.10. The van der Waals surface area contributed by atoms with Crippen LogP contribution < -0.4 is 20.3 Å². The molecule has 2 aliphatic rings. The number of hydrogen-bond acceptors (Lipinski definition) is 7. The van der Waals surface area contributed by atoms with Gasteiger partial charge in [-0.1, -0.05) is 0 Å². The molecule has 1 fully saturated rings. The van der Waals surface area contributed by atoms with E-state index in [9.17, 15) is 18.0 Å². The maximum Gasteiger partial charge on any atom is 0.252 e. The Morgan fingerprint density at radius 3 is 2.53 bits per heavy atom. The number of amides is 1. The van der Waals surface area contributed by atoms with Crippen LogP contribution in [0.3, 0.4) is 0 Å². The Hall–Kier alpha value is -3.08. The summed E-state index contributed by atoms with van der Waals surface area (Å²) < 4.78 is 50.5. The molecule has 2 N–H and O–H groups in total. The molecule has 0 radical (unpaired) electrons. The van der Waals surface area contributed by atoms with Gasteiger partial charge >= 0.3 is 0 Å². The van der Waals surface area contributed by atoms with E-state index in [1.165, 1.54) is 7.11 Å². The van der Waals surface area contributed by atoms with Gasteiger partial charge in [0.15, 0.2) is 23.3 Å². The van der Waals surface area contributed by atoms with E-state index in [1.807, 2.05) is 0 Å². The Kier molecular flexibility index (Phi) is 5.61. The number of methoxy groups -OCH3 is 1. The average molecular weight is 451 g/mol. The van der Waals surface area contributed by atoms with Gasteiger partial charge < -0.3 is 25.0 Å². The fourth-order valence-corrected chi connectivity index (χ4v) is 3.84. The summed E-state index contributed by atoms with van der Waals surface area (Å²) in [5.41, 5.74) is 0.239. The number of benzene rings is 1. The molecule has 32 heavy (non-hydrogen) atoms. The third-order valence-corrected chi connectivity index (χ3v) is 5.97. The number of ether oxygens (including phenoxy) is 2. The van der Waals surface area contributed by atoms with E-state index < -0.39 is 23.0 Å². The van der Waals surface area contributed by atoms with Gasteiger partial charge in [0, 0.05) is 45.2 Å². The smallest absolute Gasteiger partial charge is 0.252 e. The molecule has 0 unspecified atom stereocenters. The van der Waals surface area contributed by atoms with Crippen molar-refractivity contribution in [3.05, 3.63) is 35.3 Å². The van der Waals surface area contributed by atoms with Crippen molar-refractivity contribution >= 4 is 23.4 Å². The summed E-state index contributed by atoms with van der Waals surface area (Å²) in [6.45, 7) is 3.74. The normalized spacial score (nSPS) is 24.5. The minimum atomic E-state index is -1.52. The van der Waals surface area contributed by atoms with Gasteiger partial charge in [-0.2, -0.15) is 4.98 Å². The van der Waals surface area contributed by atoms with E-state index in [1.54, 1.807) is 25.8 Å². The van der Waals surface area contributed by atoms with Crippen molar-refractivity contribution in [1.82, 2.24) is 9.97 Å². The fourth-order valence-electron chi connectivity index (χ4n) is 3.84. The van der Waals surface area contributed by atoms with Gasteiger partial charge in [0.2, 0.25) is 5.95 Å². The van der Waals surface area contributed by atoms with Crippen LogP contribution in [0, 0.1) is 24.4 Å². The minimum Gasteiger partial charge on any atom is -0.490 e. The lowest BCUT2D eigenvalue weighted by atomic mass is 9.89. The lowest BCUT2D eigenvalue weighted by Gasteiger charge is -2.42. The number of fused-ring (bicyclic) bond motifs is 1. The quantitative estimate of drug-likeness (QED) is 0.653. The highest BCUT2D eigenvalue weighted by atomic mass is 19.2. The Labute approximate surface area is 183 Å². The summed E-state index contributed by atoms with van der Waals surface area (Å²) in [6.07, 6.45) is 0.824. The number of aryl methyl sites for hydroxylation is 1. The number of halogens is 3. The van der Waals surface area contributed by atoms with Crippen LogP contribution in [0.1, 0.15) is 25.5 Å². The molecule has 1 aliphatic carbocycles. The highest BCUT2D eigenvalue weighted by Gasteiger charge is 2.44. The second kappa shape index (κ2) is 8.12. The van der Waals surface area contributed by atoms with Crippen LogP contribution in [0.4, 0.5) is 30.6 Å². The van der Waals surface area contributed by atoms with Crippen LogP contribution in [0.5, 0.6) is 5.75 Å². The topological polar surface area (TPSA) is 88.6 Å². The van der Waals surface area contributed by atoms with Crippen LogP contribution in [0.25, 0.3) is 0 Å². The third kappa shape index (κ3) is 3.81. The number of aromatic nitrogens is 2. The second-order valence-corrected chi connectivity index (χ2v) is 8.30. The van der Waals surface area contributed by atoms with Gasteiger partial charge in [-0.25, -0.2) is 18.2 Å². The summed E-state index contributed by atoms with van der Waals surface area (Å²) in [5.74, 6) is -3.38. The van der Waals surface area contributed by atoms with Crippen molar-refractivity contribution < 1.29 is 27.4 Å². The molecule has 0 saturated heterocycles. The largest absolute Gasteiger partial charge is 0.490 e. The van der Waals surface area contributed by atoms with Crippen molar-refractivity contribution in [1.29, 1.82) is 0 Å². The molecule has 1 atom stereocenters. The molecule has 1 aliphatic heterocycles. The summed E-state index contributed by atoms with van der Waals surface area (Å²) in [7, 11) is 3.31. The molecule has 2 heterocycles. The number of carbonyl (C=O) groups is 1. The van der Waals surface area contributed by atoms with Gasteiger partial charge in [0.05, 0.1) is 12.3 Å². The molecule has 1 aromatic heterocycles. The number of anilines is 3. The number of carbonyl (C=O) groups excluding carboxylic acids is 1. The van der Waals surface area contributed by atoms with E-state index in [0.29, 0.717) is 36.0 Å². The molecule has 0 spiro atoms. The maximum atomic E-state index is 13.3. The summed E-state index contributed by atoms with van der Waals surface area (Å²) in [4.78, 5) is 23.4. The minimum absolute atomic E-state index is 0.0126.